The summed E-state index contributed by atoms with van der Waals surface area (Å²) in [6.45, 7) is 4.54. The van der Waals surface area contributed by atoms with E-state index >= 15 is 0 Å². The van der Waals surface area contributed by atoms with Crippen molar-refractivity contribution >= 4 is 46.6 Å². The standard InChI is InChI=1S/C32H30Cl2FN3O4/c1-17-3-6-21(35)15-23(17)30-32(25-7-4-20(34)14-27(25)36-31(32)41)26(16-29(40)37-30)24-13-19(33)5-8-28(24)42-22-9-11-38(12-10-22)18(2)39/h3-8,13-15,22,26,30H,9-12,16H2,1-2H3,(H,36,41)(H,37,40)/t26-,30+,32?/m1/s1. The van der Waals surface area contributed by atoms with E-state index < -0.39 is 23.2 Å². The fraction of sp³-hybridized carbons (Fsp3) is 0.344. The molecule has 3 aliphatic rings. The Morgan fingerprint density at radius 2 is 1.71 bits per heavy atom. The number of nitrogens with one attached hydrogen (secondary N) is 2. The molecule has 2 fully saturated rings. The molecular weight excluding hydrogens is 580 g/mol. The van der Waals surface area contributed by atoms with Crippen LogP contribution < -0.4 is 15.4 Å². The monoisotopic (exact) mass is 609 g/mol. The zero-order valence-electron chi connectivity index (χ0n) is 23.2. The quantitative estimate of drug-likeness (QED) is 0.376. The van der Waals surface area contributed by atoms with Gasteiger partial charge in [0.15, 0.2) is 0 Å². The summed E-state index contributed by atoms with van der Waals surface area (Å²) in [6, 6.07) is 13.9. The average Bonchev–Trinajstić information content (AvgIpc) is 3.23. The van der Waals surface area contributed by atoms with Crippen molar-refractivity contribution in [3.8, 4) is 5.75 Å². The summed E-state index contributed by atoms with van der Waals surface area (Å²) in [6.07, 6.45) is 1.09. The van der Waals surface area contributed by atoms with Gasteiger partial charge in [0.1, 0.15) is 23.1 Å². The fourth-order valence-corrected chi connectivity index (χ4v) is 7.16. The molecule has 3 aliphatic heterocycles. The minimum atomic E-state index is -1.37. The number of ether oxygens (including phenoxy) is 1. The lowest BCUT2D eigenvalue weighted by atomic mass is 9.59. The summed E-state index contributed by atoms with van der Waals surface area (Å²) in [7, 11) is 0. The molecule has 3 amide bonds. The van der Waals surface area contributed by atoms with Gasteiger partial charge in [-0.3, -0.25) is 14.4 Å². The number of piperidine rings is 2. The van der Waals surface area contributed by atoms with Crippen molar-refractivity contribution in [3.63, 3.8) is 0 Å². The van der Waals surface area contributed by atoms with Crippen LogP contribution in [-0.2, 0) is 19.8 Å². The lowest BCUT2D eigenvalue weighted by Gasteiger charge is -2.47. The molecule has 0 aromatic heterocycles. The Kier molecular flexibility index (Phi) is 7.39. The summed E-state index contributed by atoms with van der Waals surface area (Å²) < 4.78 is 21.2. The topological polar surface area (TPSA) is 87.7 Å². The van der Waals surface area contributed by atoms with Crippen LogP contribution in [0.4, 0.5) is 10.1 Å². The molecule has 218 valence electrons. The number of aryl methyl sites for hydroxylation is 1. The number of benzene rings is 3. The van der Waals surface area contributed by atoms with Crippen LogP contribution in [0.1, 0.15) is 60.4 Å². The molecule has 1 unspecified atom stereocenters. The number of carbonyl (C=O) groups excluding carboxylic acids is 3. The molecule has 3 atom stereocenters. The molecule has 10 heteroatoms. The molecule has 0 bridgehead atoms. The lowest BCUT2D eigenvalue weighted by Crippen LogP contribution is -2.57. The number of halogens is 3. The summed E-state index contributed by atoms with van der Waals surface area (Å²) >= 11 is 12.9. The van der Waals surface area contributed by atoms with Crippen LogP contribution in [0.3, 0.4) is 0 Å². The summed E-state index contributed by atoms with van der Waals surface area (Å²) in [5.41, 5.74) is 1.67. The van der Waals surface area contributed by atoms with Gasteiger partial charge >= 0.3 is 0 Å². The number of anilines is 1. The minimum Gasteiger partial charge on any atom is -0.490 e. The third-order valence-electron chi connectivity index (χ3n) is 8.83. The number of amides is 3. The van der Waals surface area contributed by atoms with Crippen LogP contribution in [0.5, 0.6) is 5.75 Å². The third kappa shape index (κ3) is 4.80. The first-order valence-corrected chi connectivity index (χ1v) is 14.7. The van der Waals surface area contributed by atoms with Crippen molar-refractivity contribution in [2.24, 2.45) is 0 Å². The van der Waals surface area contributed by atoms with Gasteiger partial charge in [0.2, 0.25) is 17.7 Å². The number of fused-ring (bicyclic) bond motifs is 2. The van der Waals surface area contributed by atoms with Crippen LogP contribution in [0.25, 0.3) is 0 Å². The Morgan fingerprint density at radius 3 is 2.45 bits per heavy atom. The highest BCUT2D eigenvalue weighted by Crippen LogP contribution is 2.59. The maximum Gasteiger partial charge on any atom is 0.238 e. The molecule has 3 aromatic carbocycles. The Balaban J connectivity index is 1.52. The summed E-state index contributed by atoms with van der Waals surface area (Å²) in [5, 5.41) is 6.92. The highest BCUT2D eigenvalue weighted by molar-refractivity contribution is 6.31. The maximum absolute atomic E-state index is 14.7. The summed E-state index contributed by atoms with van der Waals surface area (Å²) in [4.78, 5) is 41.5. The Bertz CT molecular complexity index is 1610. The second-order valence-electron chi connectivity index (χ2n) is 11.3. The molecule has 3 aromatic rings. The van der Waals surface area contributed by atoms with Gasteiger partial charge in [0.25, 0.3) is 0 Å². The van der Waals surface area contributed by atoms with Crippen molar-refractivity contribution in [2.45, 2.75) is 56.6 Å². The van der Waals surface area contributed by atoms with Crippen molar-refractivity contribution < 1.29 is 23.5 Å². The second-order valence-corrected chi connectivity index (χ2v) is 12.1. The average molecular weight is 611 g/mol. The first-order chi connectivity index (χ1) is 20.1. The van der Waals surface area contributed by atoms with Gasteiger partial charge in [-0.2, -0.15) is 0 Å². The molecule has 7 nitrogen and oxygen atoms in total. The molecule has 0 radical (unpaired) electrons. The van der Waals surface area contributed by atoms with E-state index in [1.807, 2.05) is 6.92 Å². The number of rotatable bonds is 4. The van der Waals surface area contributed by atoms with E-state index in [1.54, 1.807) is 54.3 Å². The Hall–Kier alpha value is -3.62. The predicted octanol–water partition coefficient (Wildman–Crippen LogP) is 6.07. The largest absolute Gasteiger partial charge is 0.490 e. The predicted molar refractivity (Wildman–Crippen MR) is 158 cm³/mol. The first-order valence-electron chi connectivity index (χ1n) is 14.0. The molecule has 2 saturated heterocycles. The zero-order chi connectivity index (χ0) is 29.8. The summed E-state index contributed by atoms with van der Waals surface area (Å²) in [5.74, 6) is -1.26. The number of hydrogen-bond donors (Lipinski definition) is 2. The second kappa shape index (κ2) is 10.9. The van der Waals surface area contributed by atoms with E-state index in [-0.39, 0.29) is 30.2 Å². The third-order valence-corrected chi connectivity index (χ3v) is 9.30. The van der Waals surface area contributed by atoms with E-state index in [0.29, 0.717) is 64.1 Å². The molecular formula is C32H30Cl2FN3O4. The van der Waals surface area contributed by atoms with Crippen LogP contribution in [0, 0.1) is 12.7 Å². The molecule has 6 rings (SSSR count). The van der Waals surface area contributed by atoms with Crippen LogP contribution in [0.15, 0.2) is 54.6 Å². The van der Waals surface area contributed by atoms with Gasteiger partial charge in [-0.05, 0) is 66.1 Å². The highest BCUT2D eigenvalue weighted by Gasteiger charge is 2.62. The van der Waals surface area contributed by atoms with Crippen molar-refractivity contribution in [1.29, 1.82) is 0 Å². The number of carbonyl (C=O) groups is 3. The smallest absolute Gasteiger partial charge is 0.238 e. The van der Waals surface area contributed by atoms with Gasteiger partial charge in [-0.1, -0.05) is 35.3 Å². The first kappa shape index (κ1) is 28.5. The SMILES string of the molecule is CC(=O)N1CCC(Oc2ccc(Cl)cc2[C@H]2CC(=O)N[C@@H](c3cc(F)ccc3C)C23C(=O)Nc2cc(Cl)ccc23)CC1. The lowest BCUT2D eigenvalue weighted by molar-refractivity contribution is -0.132. The normalized spacial score (nSPS) is 23.9. The van der Waals surface area contributed by atoms with Crippen molar-refractivity contribution in [3.05, 3.63) is 92.7 Å². The van der Waals surface area contributed by atoms with E-state index in [1.165, 1.54) is 12.1 Å². The highest BCUT2D eigenvalue weighted by atomic mass is 35.5. The molecule has 1 spiro atoms. The van der Waals surface area contributed by atoms with Gasteiger partial charge in [0, 0.05) is 66.5 Å². The number of nitrogens with zero attached hydrogens (tertiary/aromatic N) is 1. The molecule has 0 aliphatic carbocycles. The Morgan fingerprint density at radius 1 is 1.00 bits per heavy atom. The minimum absolute atomic E-state index is 0.0279. The van der Waals surface area contributed by atoms with Gasteiger partial charge < -0.3 is 20.3 Å². The molecule has 2 N–H and O–H groups in total. The van der Waals surface area contributed by atoms with Crippen LogP contribution in [0.2, 0.25) is 10.0 Å². The van der Waals surface area contributed by atoms with E-state index in [2.05, 4.69) is 10.6 Å². The van der Waals surface area contributed by atoms with E-state index in [0.717, 1.165) is 5.56 Å². The number of hydrogen-bond acceptors (Lipinski definition) is 4. The van der Waals surface area contributed by atoms with Crippen molar-refractivity contribution in [1.82, 2.24) is 10.2 Å². The zero-order valence-corrected chi connectivity index (χ0v) is 24.7. The molecule has 3 heterocycles. The van der Waals surface area contributed by atoms with Gasteiger partial charge in [-0.25, -0.2) is 4.39 Å². The van der Waals surface area contributed by atoms with Crippen LogP contribution >= 0.6 is 23.2 Å². The van der Waals surface area contributed by atoms with E-state index in [4.69, 9.17) is 27.9 Å². The molecule has 42 heavy (non-hydrogen) atoms. The van der Waals surface area contributed by atoms with E-state index in [9.17, 15) is 18.8 Å². The van der Waals surface area contributed by atoms with Gasteiger partial charge in [0.05, 0.1) is 6.04 Å². The van der Waals surface area contributed by atoms with Crippen molar-refractivity contribution in [2.75, 3.05) is 18.4 Å². The van der Waals surface area contributed by atoms with Crippen LogP contribution in [-0.4, -0.2) is 41.8 Å². The number of likely N-dealkylation sites (tertiary alicyclic amines) is 1. The molecule has 0 saturated carbocycles. The fourth-order valence-electron chi connectivity index (χ4n) is 6.81. The van der Waals surface area contributed by atoms with Gasteiger partial charge in [-0.15, -0.1) is 0 Å². The Labute approximate surface area is 253 Å². The maximum atomic E-state index is 14.7.